The Labute approximate surface area is 107 Å². The molecule has 4 nitrogen and oxygen atoms in total. The average Bonchev–Trinajstić information content (AvgIpc) is 2.95. The number of hydrogen-bond donors (Lipinski definition) is 1. The smallest absolute Gasteiger partial charge is 0.0697 e. The lowest BCUT2D eigenvalue weighted by Gasteiger charge is -2.22. The van der Waals surface area contributed by atoms with E-state index >= 15 is 0 Å². The van der Waals surface area contributed by atoms with Crippen molar-refractivity contribution in [2.75, 3.05) is 13.1 Å². The summed E-state index contributed by atoms with van der Waals surface area (Å²) in [6.45, 7) is 2.34. The molecule has 0 bridgehead atoms. The van der Waals surface area contributed by atoms with Gasteiger partial charge in [0.25, 0.3) is 0 Å². The molecule has 1 aliphatic rings. The highest BCUT2D eigenvalue weighted by Gasteiger charge is 2.13. The lowest BCUT2D eigenvalue weighted by molar-refractivity contribution is 0.372. The summed E-state index contributed by atoms with van der Waals surface area (Å²) in [5.74, 6) is 0.837. The minimum atomic E-state index is 0.837. The van der Waals surface area contributed by atoms with Crippen LogP contribution < -0.4 is 5.32 Å². The Balaban J connectivity index is 1.67. The molecular formula is C14H18N4. The summed E-state index contributed by atoms with van der Waals surface area (Å²) >= 11 is 0. The molecule has 4 heteroatoms. The average molecular weight is 242 g/mol. The fraction of sp³-hybridized carbons (Fsp3) is 0.429. The molecule has 2 aromatic rings. The van der Waals surface area contributed by atoms with Crippen molar-refractivity contribution in [2.45, 2.75) is 19.3 Å². The number of rotatable bonds is 3. The maximum Gasteiger partial charge on any atom is 0.0697 e. The van der Waals surface area contributed by atoms with Crippen LogP contribution in [0.4, 0.5) is 0 Å². The zero-order valence-electron chi connectivity index (χ0n) is 10.4. The second kappa shape index (κ2) is 5.31. The van der Waals surface area contributed by atoms with E-state index in [9.17, 15) is 0 Å². The predicted octanol–water partition coefficient (Wildman–Crippen LogP) is 1.81. The number of nitrogens with one attached hydrogen (secondary N) is 1. The first kappa shape index (κ1) is 11.4. The van der Waals surface area contributed by atoms with E-state index < -0.39 is 0 Å². The van der Waals surface area contributed by atoms with Gasteiger partial charge in [0.2, 0.25) is 0 Å². The topological polar surface area (TPSA) is 42.7 Å². The molecule has 1 aliphatic heterocycles. The molecule has 3 rings (SSSR count). The van der Waals surface area contributed by atoms with Crippen LogP contribution in [0.25, 0.3) is 5.69 Å². The number of piperidine rings is 1. The highest BCUT2D eigenvalue weighted by Crippen LogP contribution is 2.18. The van der Waals surface area contributed by atoms with Gasteiger partial charge in [-0.15, -0.1) is 5.10 Å². The van der Waals surface area contributed by atoms with E-state index in [1.54, 1.807) is 10.9 Å². The van der Waals surface area contributed by atoms with Gasteiger partial charge >= 0.3 is 0 Å². The quantitative estimate of drug-likeness (QED) is 0.892. The van der Waals surface area contributed by atoms with Crippen LogP contribution in [0.2, 0.25) is 0 Å². The van der Waals surface area contributed by atoms with Crippen molar-refractivity contribution in [3.05, 3.63) is 42.2 Å². The first-order valence-electron chi connectivity index (χ1n) is 6.58. The molecule has 0 aliphatic carbocycles. The third kappa shape index (κ3) is 2.59. The second-order valence-electron chi connectivity index (χ2n) is 4.91. The van der Waals surface area contributed by atoms with Gasteiger partial charge in [-0.3, -0.25) is 0 Å². The normalized spacial score (nSPS) is 16.9. The van der Waals surface area contributed by atoms with Gasteiger partial charge in [-0.2, -0.15) is 0 Å². The van der Waals surface area contributed by atoms with Crippen molar-refractivity contribution in [1.29, 1.82) is 0 Å². The molecule has 0 atom stereocenters. The van der Waals surface area contributed by atoms with E-state index in [0.29, 0.717) is 0 Å². The van der Waals surface area contributed by atoms with Gasteiger partial charge in [-0.25, -0.2) is 4.68 Å². The molecule has 1 N–H and O–H groups in total. The summed E-state index contributed by atoms with van der Waals surface area (Å²) in [6.07, 6.45) is 7.35. The molecule has 0 spiro atoms. The van der Waals surface area contributed by atoms with Crippen molar-refractivity contribution in [3.63, 3.8) is 0 Å². The fourth-order valence-corrected chi connectivity index (χ4v) is 2.55. The number of aromatic nitrogens is 3. The first-order valence-corrected chi connectivity index (χ1v) is 6.58. The van der Waals surface area contributed by atoms with Gasteiger partial charge in [-0.05, 0) is 56.0 Å². The SMILES string of the molecule is c1cn(-c2ccc(CC3CCNCC3)cc2)nn1. The molecule has 1 saturated heterocycles. The Morgan fingerprint density at radius 2 is 1.94 bits per heavy atom. The lowest BCUT2D eigenvalue weighted by Crippen LogP contribution is -2.28. The van der Waals surface area contributed by atoms with Crippen molar-refractivity contribution in [2.24, 2.45) is 5.92 Å². The third-order valence-electron chi connectivity index (χ3n) is 3.61. The Hall–Kier alpha value is -1.68. The largest absolute Gasteiger partial charge is 0.317 e. The van der Waals surface area contributed by atoms with E-state index in [0.717, 1.165) is 11.6 Å². The van der Waals surface area contributed by atoms with Crippen LogP contribution in [-0.2, 0) is 6.42 Å². The number of hydrogen-bond acceptors (Lipinski definition) is 3. The van der Waals surface area contributed by atoms with Crippen LogP contribution in [-0.4, -0.2) is 28.1 Å². The van der Waals surface area contributed by atoms with E-state index in [2.05, 4.69) is 39.9 Å². The summed E-state index contributed by atoms with van der Waals surface area (Å²) < 4.78 is 1.79. The van der Waals surface area contributed by atoms with Gasteiger partial charge < -0.3 is 5.32 Å². The second-order valence-corrected chi connectivity index (χ2v) is 4.91. The van der Waals surface area contributed by atoms with Gasteiger partial charge in [0.1, 0.15) is 0 Å². The van der Waals surface area contributed by atoms with Crippen LogP contribution in [0, 0.1) is 5.92 Å². The predicted molar refractivity (Wildman–Crippen MR) is 70.7 cm³/mol. The standard InChI is InChI=1S/C14H18N4/c1-3-14(18-10-9-16-17-18)4-2-12(1)11-13-5-7-15-8-6-13/h1-4,9-10,13,15H,5-8,11H2. The molecule has 0 amide bonds. The van der Waals surface area contributed by atoms with Crippen LogP contribution >= 0.6 is 0 Å². The van der Waals surface area contributed by atoms with Crippen LogP contribution in [0.1, 0.15) is 18.4 Å². The number of nitrogens with zero attached hydrogens (tertiary/aromatic N) is 3. The molecular weight excluding hydrogens is 224 g/mol. The Morgan fingerprint density at radius 1 is 1.17 bits per heavy atom. The minimum absolute atomic E-state index is 0.837. The summed E-state index contributed by atoms with van der Waals surface area (Å²) in [4.78, 5) is 0. The van der Waals surface area contributed by atoms with Crippen molar-refractivity contribution in [3.8, 4) is 5.69 Å². The summed E-state index contributed by atoms with van der Waals surface area (Å²) in [6, 6.07) is 8.65. The van der Waals surface area contributed by atoms with Crippen molar-refractivity contribution in [1.82, 2.24) is 20.3 Å². The summed E-state index contributed by atoms with van der Waals surface area (Å²) in [5, 5.41) is 11.2. The lowest BCUT2D eigenvalue weighted by atomic mass is 9.91. The molecule has 94 valence electrons. The third-order valence-corrected chi connectivity index (χ3v) is 3.61. The zero-order valence-corrected chi connectivity index (χ0v) is 10.4. The molecule has 1 aromatic carbocycles. The maximum absolute atomic E-state index is 3.99. The molecule has 0 radical (unpaired) electrons. The van der Waals surface area contributed by atoms with Gasteiger partial charge in [0.05, 0.1) is 18.1 Å². The van der Waals surface area contributed by atoms with E-state index in [1.165, 1.54) is 37.9 Å². The van der Waals surface area contributed by atoms with Crippen molar-refractivity contribution >= 4 is 0 Å². The Kier molecular flexibility index (Phi) is 3.37. The Bertz CT molecular complexity index is 469. The van der Waals surface area contributed by atoms with Gasteiger partial charge in [0, 0.05) is 0 Å². The van der Waals surface area contributed by atoms with Crippen LogP contribution in [0.15, 0.2) is 36.7 Å². The minimum Gasteiger partial charge on any atom is -0.317 e. The molecule has 0 saturated carbocycles. The van der Waals surface area contributed by atoms with E-state index in [1.807, 2.05) is 6.20 Å². The highest BCUT2D eigenvalue weighted by molar-refractivity contribution is 5.33. The summed E-state index contributed by atoms with van der Waals surface area (Å²) in [7, 11) is 0. The zero-order chi connectivity index (χ0) is 12.2. The first-order chi connectivity index (χ1) is 8.92. The van der Waals surface area contributed by atoms with E-state index in [-0.39, 0.29) is 0 Å². The molecule has 18 heavy (non-hydrogen) atoms. The van der Waals surface area contributed by atoms with Gasteiger partial charge in [-0.1, -0.05) is 17.3 Å². The maximum atomic E-state index is 3.99. The van der Waals surface area contributed by atoms with Gasteiger partial charge in [0.15, 0.2) is 0 Å². The molecule has 1 aromatic heterocycles. The summed E-state index contributed by atoms with van der Waals surface area (Å²) in [5.41, 5.74) is 2.49. The van der Waals surface area contributed by atoms with Crippen LogP contribution in [0.3, 0.4) is 0 Å². The van der Waals surface area contributed by atoms with Crippen LogP contribution in [0.5, 0.6) is 0 Å². The fourth-order valence-electron chi connectivity index (χ4n) is 2.55. The van der Waals surface area contributed by atoms with Crippen molar-refractivity contribution < 1.29 is 0 Å². The monoisotopic (exact) mass is 242 g/mol. The Morgan fingerprint density at radius 3 is 2.61 bits per heavy atom. The molecule has 0 unspecified atom stereocenters. The van der Waals surface area contributed by atoms with E-state index in [4.69, 9.17) is 0 Å². The molecule has 2 heterocycles. The highest BCUT2D eigenvalue weighted by atomic mass is 15.4. The number of benzene rings is 1. The molecule has 1 fully saturated rings.